The van der Waals surface area contributed by atoms with Crippen molar-refractivity contribution >= 4 is 5.91 Å². The number of carbonyl (C=O) groups excluding carboxylic acids is 1. The lowest BCUT2D eigenvalue weighted by molar-refractivity contribution is -0.125. The number of rotatable bonds is 8. The molecule has 1 aromatic heterocycles. The number of carbonyl (C=O) groups is 1. The highest BCUT2D eigenvalue weighted by Gasteiger charge is 2.27. The summed E-state index contributed by atoms with van der Waals surface area (Å²) in [5.41, 5.74) is 1.07. The van der Waals surface area contributed by atoms with Gasteiger partial charge in [0, 0.05) is 32.1 Å². The van der Waals surface area contributed by atoms with Gasteiger partial charge in [0.15, 0.2) is 0 Å². The summed E-state index contributed by atoms with van der Waals surface area (Å²) in [4.78, 5) is 15.4. The first-order chi connectivity index (χ1) is 13.1. The largest absolute Gasteiger partial charge is 0.379 e. The predicted molar refractivity (Wildman–Crippen MR) is 101 cm³/mol. The maximum Gasteiger partial charge on any atom is 0.245 e. The third kappa shape index (κ3) is 5.33. The van der Waals surface area contributed by atoms with Crippen LogP contribution in [0, 0.1) is 5.92 Å². The minimum Gasteiger partial charge on any atom is -0.379 e. The van der Waals surface area contributed by atoms with Gasteiger partial charge in [-0.05, 0) is 21.9 Å². The van der Waals surface area contributed by atoms with E-state index in [1.165, 1.54) is 11.0 Å². The Morgan fingerprint density at radius 1 is 1.22 bits per heavy atom. The normalized spacial score (nSPS) is 17.6. The summed E-state index contributed by atoms with van der Waals surface area (Å²) >= 11 is 0. The molecule has 0 radical (unpaired) electrons. The van der Waals surface area contributed by atoms with Crippen LogP contribution in [-0.4, -0.2) is 69.9 Å². The Kier molecular flexibility index (Phi) is 6.89. The number of amides is 1. The fourth-order valence-corrected chi connectivity index (χ4v) is 3.47. The average molecular weight is 372 g/mol. The maximum absolute atomic E-state index is 13.0. The third-order valence-corrected chi connectivity index (χ3v) is 5.03. The minimum absolute atomic E-state index is 0.0648. The molecule has 1 saturated heterocycles. The number of nitrogens with one attached hydrogen (secondary N) is 1. The molecule has 0 saturated carbocycles. The van der Waals surface area contributed by atoms with Crippen LogP contribution in [0.4, 0.5) is 0 Å². The standard InChI is InChI=1S/C19H28N6O2/c1-15(2)18(24-8-10-27-11-9-24)13-20-19(26)17(25-14-21-22-23-25)12-16-6-4-3-5-7-16/h3-7,14-15,17-18H,8-13H2,1-2H3,(H,20,26). The molecule has 0 spiro atoms. The highest BCUT2D eigenvalue weighted by molar-refractivity contribution is 5.80. The van der Waals surface area contributed by atoms with Crippen LogP contribution in [0.15, 0.2) is 36.7 Å². The molecule has 1 aliphatic heterocycles. The molecule has 1 aliphatic rings. The van der Waals surface area contributed by atoms with Crippen molar-refractivity contribution in [3.63, 3.8) is 0 Å². The molecule has 8 heteroatoms. The van der Waals surface area contributed by atoms with Crippen LogP contribution in [-0.2, 0) is 16.0 Å². The van der Waals surface area contributed by atoms with Crippen molar-refractivity contribution in [1.29, 1.82) is 0 Å². The Hall–Kier alpha value is -2.32. The van der Waals surface area contributed by atoms with E-state index in [9.17, 15) is 4.79 Å². The molecular formula is C19H28N6O2. The lowest BCUT2D eigenvalue weighted by atomic mass is 10.0. The van der Waals surface area contributed by atoms with E-state index in [2.05, 4.69) is 39.6 Å². The zero-order chi connectivity index (χ0) is 19.1. The number of benzene rings is 1. The van der Waals surface area contributed by atoms with E-state index in [1.54, 1.807) is 0 Å². The van der Waals surface area contributed by atoms with Crippen LogP contribution in [0.1, 0.15) is 25.5 Å². The Morgan fingerprint density at radius 2 is 1.96 bits per heavy atom. The molecule has 1 fully saturated rings. The van der Waals surface area contributed by atoms with E-state index in [0.717, 1.165) is 31.9 Å². The van der Waals surface area contributed by atoms with Crippen molar-refractivity contribution in [3.8, 4) is 0 Å². The van der Waals surface area contributed by atoms with Crippen LogP contribution in [0.25, 0.3) is 0 Å². The van der Waals surface area contributed by atoms with Crippen LogP contribution in [0.3, 0.4) is 0 Å². The Labute approximate surface area is 159 Å². The van der Waals surface area contributed by atoms with Crippen LogP contribution < -0.4 is 5.32 Å². The topological polar surface area (TPSA) is 85.2 Å². The number of aromatic nitrogens is 4. The van der Waals surface area contributed by atoms with Gasteiger partial charge >= 0.3 is 0 Å². The molecule has 2 heterocycles. The molecule has 1 N–H and O–H groups in total. The third-order valence-electron chi connectivity index (χ3n) is 5.03. The molecule has 2 atom stereocenters. The lowest BCUT2D eigenvalue weighted by Crippen LogP contribution is -2.51. The first-order valence-corrected chi connectivity index (χ1v) is 9.51. The number of ether oxygens (including phenoxy) is 1. The summed E-state index contributed by atoms with van der Waals surface area (Å²) in [7, 11) is 0. The van der Waals surface area contributed by atoms with Crippen molar-refractivity contribution in [2.45, 2.75) is 32.4 Å². The van der Waals surface area contributed by atoms with Gasteiger partial charge in [-0.1, -0.05) is 44.2 Å². The smallest absolute Gasteiger partial charge is 0.245 e. The van der Waals surface area contributed by atoms with Gasteiger partial charge in [0.25, 0.3) is 0 Å². The number of tetrazole rings is 1. The van der Waals surface area contributed by atoms with Crippen LogP contribution in [0.5, 0.6) is 0 Å². The van der Waals surface area contributed by atoms with Gasteiger partial charge < -0.3 is 10.1 Å². The molecular weight excluding hydrogens is 344 g/mol. The number of hydrogen-bond acceptors (Lipinski definition) is 6. The second-order valence-corrected chi connectivity index (χ2v) is 7.20. The Morgan fingerprint density at radius 3 is 2.59 bits per heavy atom. The molecule has 1 amide bonds. The fraction of sp³-hybridized carbons (Fsp3) is 0.579. The van der Waals surface area contributed by atoms with E-state index >= 15 is 0 Å². The molecule has 146 valence electrons. The summed E-state index contributed by atoms with van der Waals surface area (Å²) in [5, 5.41) is 14.5. The van der Waals surface area contributed by atoms with Crippen molar-refractivity contribution < 1.29 is 9.53 Å². The highest BCUT2D eigenvalue weighted by atomic mass is 16.5. The second-order valence-electron chi connectivity index (χ2n) is 7.20. The maximum atomic E-state index is 13.0. The fourth-order valence-electron chi connectivity index (χ4n) is 3.47. The van der Waals surface area contributed by atoms with Crippen LogP contribution in [0.2, 0.25) is 0 Å². The van der Waals surface area contributed by atoms with Crippen LogP contribution >= 0.6 is 0 Å². The first kappa shape index (κ1) is 19.4. The van der Waals surface area contributed by atoms with Gasteiger partial charge in [0.05, 0.1) is 13.2 Å². The molecule has 1 aromatic carbocycles. The summed E-state index contributed by atoms with van der Waals surface area (Å²) in [6, 6.07) is 9.73. The number of nitrogens with zero attached hydrogens (tertiary/aromatic N) is 5. The average Bonchev–Trinajstić information content (AvgIpc) is 3.22. The SMILES string of the molecule is CC(C)C(CNC(=O)C(Cc1ccccc1)n1cnnn1)N1CCOCC1. The molecule has 2 aromatic rings. The van der Waals surface area contributed by atoms with E-state index in [0.29, 0.717) is 18.9 Å². The molecule has 27 heavy (non-hydrogen) atoms. The molecule has 8 nitrogen and oxygen atoms in total. The summed E-state index contributed by atoms with van der Waals surface area (Å²) in [6.45, 7) is 8.28. The zero-order valence-corrected chi connectivity index (χ0v) is 16.0. The first-order valence-electron chi connectivity index (χ1n) is 9.51. The number of hydrogen-bond donors (Lipinski definition) is 1. The van der Waals surface area contributed by atoms with Gasteiger partial charge in [0.1, 0.15) is 12.4 Å². The van der Waals surface area contributed by atoms with E-state index in [4.69, 9.17) is 4.74 Å². The molecule has 3 rings (SSSR count). The molecule has 0 bridgehead atoms. The second kappa shape index (κ2) is 9.57. The monoisotopic (exact) mass is 372 g/mol. The summed E-state index contributed by atoms with van der Waals surface area (Å²) in [5.74, 6) is 0.370. The molecule has 0 aliphatic carbocycles. The predicted octanol–water partition coefficient (Wildman–Crippen LogP) is 0.930. The lowest BCUT2D eigenvalue weighted by Gasteiger charge is -2.37. The van der Waals surface area contributed by atoms with Crippen molar-refractivity contribution in [3.05, 3.63) is 42.2 Å². The van der Waals surface area contributed by atoms with Gasteiger partial charge in [-0.15, -0.1) is 5.10 Å². The van der Waals surface area contributed by atoms with Gasteiger partial charge in [0.2, 0.25) is 5.91 Å². The Balaban J connectivity index is 1.66. The zero-order valence-electron chi connectivity index (χ0n) is 16.0. The summed E-state index contributed by atoms with van der Waals surface area (Å²) in [6.07, 6.45) is 2.04. The van der Waals surface area contributed by atoms with Gasteiger partial charge in [-0.2, -0.15) is 0 Å². The molecule has 2 unspecified atom stereocenters. The van der Waals surface area contributed by atoms with E-state index in [1.807, 2.05) is 30.3 Å². The van der Waals surface area contributed by atoms with Crippen molar-refractivity contribution in [2.24, 2.45) is 5.92 Å². The Bertz CT molecular complexity index is 685. The van der Waals surface area contributed by atoms with Crippen molar-refractivity contribution in [2.75, 3.05) is 32.8 Å². The van der Waals surface area contributed by atoms with Gasteiger partial charge in [-0.3, -0.25) is 9.69 Å². The minimum atomic E-state index is -0.472. The quantitative estimate of drug-likeness (QED) is 0.742. The van der Waals surface area contributed by atoms with Gasteiger partial charge in [-0.25, -0.2) is 4.68 Å². The number of morpholine rings is 1. The van der Waals surface area contributed by atoms with E-state index < -0.39 is 6.04 Å². The summed E-state index contributed by atoms with van der Waals surface area (Å²) < 4.78 is 6.98. The highest BCUT2D eigenvalue weighted by Crippen LogP contribution is 2.15. The van der Waals surface area contributed by atoms with E-state index in [-0.39, 0.29) is 11.9 Å². The van der Waals surface area contributed by atoms with Crippen molar-refractivity contribution in [1.82, 2.24) is 30.4 Å².